The van der Waals surface area contributed by atoms with Crippen LogP contribution in [0.2, 0.25) is 0 Å². The van der Waals surface area contributed by atoms with E-state index in [1.54, 1.807) is 38.5 Å². The van der Waals surface area contributed by atoms with Gasteiger partial charge in [0.2, 0.25) is 5.91 Å². The molecule has 0 bridgehead atoms. The third kappa shape index (κ3) is 5.98. The smallest absolute Gasteiger partial charge is 0.252 e. The molecule has 1 aromatic carbocycles. The van der Waals surface area contributed by atoms with E-state index in [0.717, 1.165) is 31.8 Å². The molecule has 172 valence electrons. The van der Waals surface area contributed by atoms with Gasteiger partial charge in [-0.25, -0.2) is 0 Å². The Morgan fingerprint density at radius 3 is 2.03 bits per heavy atom. The van der Waals surface area contributed by atoms with Gasteiger partial charge < -0.3 is 24.6 Å². The van der Waals surface area contributed by atoms with Crippen LogP contribution in [0.4, 0.5) is 0 Å². The molecule has 7 nitrogen and oxygen atoms in total. The fourth-order valence-electron chi connectivity index (χ4n) is 4.77. The van der Waals surface area contributed by atoms with Crippen LogP contribution in [-0.2, 0) is 9.53 Å². The van der Waals surface area contributed by atoms with E-state index in [9.17, 15) is 9.59 Å². The number of hydrogen-bond donors (Lipinski definition) is 1. The van der Waals surface area contributed by atoms with E-state index in [4.69, 9.17) is 9.47 Å². The zero-order chi connectivity index (χ0) is 22.4. The molecule has 2 aliphatic rings. The average molecular weight is 432 g/mol. The lowest BCUT2D eigenvalue weighted by Crippen LogP contribution is -2.55. The van der Waals surface area contributed by atoms with Crippen LogP contribution < -0.4 is 10.1 Å². The first-order chi connectivity index (χ1) is 14.9. The standard InChI is InChI=1S/C24H37N3O4/c1-17(30-3)22(25-23(28)20-5-7-21(31-4)8-6-20)24(29)27-15-11-19(12-16-27)18-9-13-26(2)14-10-18/h5-8,17-19,22H,9-16H2,1-4H3,(H,25,28)/t17-,22+/m0/s1. The van der Waals surface area contributed by atoms with Crippen molar-refractivity contribution in [2.75, 3.05) is 47.4 Å². The Bertz CT molecular complexity index is 723. The lowest BCUT2D eigenvalue weighted by atomic mass is 9.79. The summed E-state index contributed by atoms with van der Waals surface area (Å²) < 4.78 is 10.6. The Morgan fingerprint density at radius 2 is 1.52 bits per heavy atom. The van der Waals surface area contributed by atoms with Crippen LogP contribution in [0.15, 0.2) is 24.3 Å². The Balaban J connectivity index is 1.59. The molecular formula is C24H37N3O4. The summed E-state index contributed by atoms with van der Waals surface area (Å²) in [5.41, 5.74) is 0.489. The van der Waals surface area contributed by atoms with Crippen molar-refractivity contribution in [3.63, 3.8) is 0 Å². The Hall–Kier alpha value is -2.12. The Labute approximate surface area is 186 Å². The number of carbonyl (C=O) groups excluding carboxylic acids is 2. The summed E-state index contributed by atoms with van der Waals surface area (Å²) in [7, 11) is 5.34. The molecule has 2 amide bonds. The van der Waals surface area contributed by atoms with Crippen LogP contribution in [0.25, 0.3) is 0 Å². The van der Waals surface area contributed by atoms with Crippen molar-refractivity contribution in [3.05, 3.63) is 29.8 Å². The molecule has 2 heterocycles. The number of amides is 2. The second-order valence-electron chi connectivity index (χ2n) is 8.92. The minimum absolute atomic E-state index is 0.0574. The largest absolute Gasteiger partial charge is 0.497 e. The van der Waals surface area contributed by atoms with Crippen LogP contribution in [0.5, 0.6) is 5.75 Å². The molecule has 2 fully saturated rings. The number of rotatable bonds is 7. The molecule has 2 saturated heterocycles. The normalized spacial score (nSPS) is 20.8. The SMILES string of the molecule is COc1ccc(C(=O)N[C@@H](C(=O)N2CCC(C3CCN(C)CC3)CC2)[C@H](C)OC)cc1. The molecule has 31 heavy (non-hydrogen) atoms. The van der Waals surface area contributed by atoms with Gasteiger partial charge in [-0.2, -0.15) is 0 Å². The minimum Gasteiger partial charge on any atom is -0.497 e. The quantitative estimate of drug-likeness (QED) is 0.718. The van der Waals surface area contributed by atoms with Gasteiger partial charge in [0.05, 0.1) is 13.2 Å². The fraction of sp³-hybridized carbons (Fsp3) is 0.667. The van der Waals surface area contributed by atoms with Gasteiger partial charge in [0.25, 0.3) is 5.91 Å². The van der Waals surface area contributed by atoms with E-state index in [2.05, 4.69) is 17.3 Å². The van der Waals surface area contributed by atoms with Crippen molar-refractivity contribution in [2.45, 2.75) is 44.8 Å². The summed E-state index contributed by atoms with van der Waals surface area (Å²) in [6.45, 7) is 5.67. The van der Waals surface area contributed by atoms with Crippen LogP contribution in [0, 0.1) is 11.8 Å². The number of benzene rings is 1. The fourth-order valence-corrected chi connectivity index (χ4v) is 4.77. The first kappa shape index (κ1) is 23.5. The van der Waals surface area contributed by atoms with Crippen molar-refractivity contribution in [1.82, 2.24) is 15.1 Å². The molecule has 1 N–H and O–H groups in total. The predicted molar refractivity (Wildman–Crippen MR) is 120 cm³/mol. The Kier molecular flexibility index (Phi) is 8.32. The maximum Gasteiger partial charge on any atom is 0.252 e. The highest BCUT2D eigenvalue weighted by molar-refractivity contribution is 5.97. The zero-order valence-electron chi connectivity index (χ0n) is 19.3. The summed E-state index contributed by atoms with van der Waals surface area (Å²) in [4.78, 5) is 30.4. The van der Waals surface area contributed by atoms with Gasteiger partial charge in [-0.15, -0.1) is 0 Å². The lowest BCUT2D eigenvalue weighted by Gasteiger charge is -2.40. The summed E-state index contributed by atoms with van der Waals surface area (Å²) in [6.07, 6.45) is 4.19. The number of likely N-dealkylation sites (tertiary alicyclic amines) is 2. The number of methoxy groups -OCH3 is 2. The van der Waals surface area contributed by atoms with Crippen LogP contribution >= 0.6 is 0 Å². The van der Waals surface area contributed by atoms with Gasteiger partial charge in [-0.1, -0.05) is 0 Å². The minimum atomic E-state index is -0.709. The molecule has 0 aliphatic carbocycles. The molecule has 0 aromatic heterocycles. The zero-order valence-corrected chi connectivity index (χ0v) is 19.3. The van der Waals surface area contributed by atoms with Crippen molar-refractivity contribution >= 4 is 11.8 Å². The van der Waals surface area contributed by atoms with E-state index >= 15 is 0 Å². The van der Waals surface area contributed by atoms with E-state index < -0.39 is 12.1 Å². The highest BCUT2D eigenvalue weighted by atomic mass is 16.5. The molecular weight excluding hydrogens is 394 g/mol. The second kappa shape index (κ2) is 11.0. The monoisotopic (exact) mass is 431 g/mol. The molecule has 1 aromatic rings. The molecule has 3 rings (SSSR count). The molecule has 2 aliphatic heterocycles. The number of nitrogens with zero attached hydrogens (tertiary/aromatic N) is 2. The topological polar surface area (TPSA) is 71.1 Å². The van der Waals surface area contributed by atoms with Gasteiger partial charge in [-0.05, 0) is 88.8 Å². The van der Waals surface area contributed by atoms with Crippen molar-refractivity contribution in [3.8, 4) is 5.75 Å². The van der Waals surface area contributed by atoms with E-state index in [-0.39, 0.29) is 11.8 Å². The maximum absolute atomic E-state index is 13.3. The molecule has 0 unspecified atom stereocenters. The molecule has 7 heteroatoms. The predicted octanol–water partition coefficient (Wildman–Crippen LogP) is 2.41. The second-order valence-corrected chi connectivity index (χ2v) is 8.92. The van der Waals surface area contributed by atoms with Crippen LogP contribution in [0.3, 0.4) is 0 Å². The third-order valence-corrected chi connectivity index (χ3v) is 7.03. The van der Waals surface area contributed by atoms with Crippen molar-refractivity contribution in [1.29, 1.82) is 0 Å². The first-order valence-corrected chi connectivity index (χ1v) is 11.4. The number of hydrogen-bond acceptors (Lipinski definition) is 5. The highest BCUT2D eigenvalue weighted by Gasteiger charge is 2.35. The maximum atomic E-state index is 13.3. The van der Waals surface area contributed by atoms with Crippen LogP contribution in [-0.4, -0.2) is 81.2 Å². The average Bonchev–Trinajstić information content (AvgIpc) is 2.82. The molecule has 0 saturated carbocycles. The lowest BCUT2D eigenvalue weighted by molar-refractivity contribution is -0.138. The molecule has 2 atom stereocenters. The summed E-state index contributed by atoms with van der Waals surface area (Å²) in [5, 5.41) is 2.90. The van der Waals surface area contributed by atoms with Gasteiger partial charge in [0.1, 0.15) is 11.8 Å². The third-order valence-electron chi connectivity index (χ3n) is 7.03. The summed E-state index contributed by atoms with van der Waals surface area (Å²) in [6, 6.07) is 6.15. The van der Waals surface area contributed by atoms with Gasteiger partial charge >= 0.3 is 0 Å². The number of ether oxygens (including phenoxy) is 2. The van der Waals surface area contributed by atoms with Gasteiger partial charge in [0, 0.05) is 25.8 Å². The van der Waals surface area contributed by atoms with Gasteiger partial charge in [-0.3, -0.25) is 9.59 Å². The van der Waals surface area contributed by atoms with E-state index in [1.807, 2.05) is 11.8 Å². The first-order valence-electron chi connectivity index (χ1n) is 11.4. The van der Waals surface area contributed by atoms with Gasteiger partial charge in [0.15, 0.2) is 0 Å². The summed E-state index contributed by atoms with van der Waals surface area (Å²) >= 11 is 0. The molecule has 0 radical (unpaired) electrons. The summed E-state index contributed by atoms with van der Waals surface area (Å²) in [5.74, 6) is 1.81. The number of piperidine rings is 2. The van der Waals surface area contributed by atoms with E-state index in [0.29, 0.717) is 17.2 Å². The Morgan fingerprint density at radius 1 is 0.968 bits per heavy atom. The number of nitrogens with one attached hydrogen (secondary N) is 1. The molecule has 0 spiro atoms. The van der Waals surface area contributed by atoms with E-state index in [1.165, 1.54) is 25.9 Å². The van der Waals surface area contributed by atoms with Crippen molar-refractivity contribution < 1.29 is 19.1 Å². The van der Waals surface area contributed by atoms with Crippen LogP contribution in [0.1, 0.15) is 43.0 Å². The van der Waals surface area contributed by atoms with Crippen molar-refractivity contribution in [2.24, 2.45) is 11.8 Å². The number of carbonyl (C=O) groups is 2. The highest BCUT2D eigenvalue weighted by Crippen LogP contribution is 2.32.